The molecule has 1 N–H and O–H groups in total. The molecule has 2 aromatic heterocycles. The van der Waals surface area contributed by atoms with Crippen molar-refractivity contribution in [3.8, 4) is 6.01 Å². The molecule has 0 bridgehead atoms. The molecular formula is C12H14AsN5O6S2. The zero-order valence-electron chi connectivity index (χ0n) is 13.8. The number of carbonyl (C=O) groups excluding carboxylic acids is 1. The first-order valence-electron chi connectivity index (χ1n) is 6.78. The van der Waals surface area contributed by atoms with E-state index in [2.05, 4.69) is 19.9 Å². The van der Waals surface area contributed by atoms with Gasteiger partial charge in [-0.25, -0.2) is 0 Å². The van der Waals surface area contributed by atoms with Gasteiger partial charge >= 0.3 is 156 Å². The van der Waals surface area contributed by atoms with Crippen molar-refractivity contribution in [2.75, 3.05) is 13.4 Å². The first-order chi connectivity index (χ1) is 12.0. The molecule has 0 aromatic carbocycles. The van der Waals surface area contributed by atoms with Crippen molar-refractivity contribution >= 4 is 44.9 Å². The van der Waals surface area contributed by atoms with Crippen molar-refractivity contribution < 1.29 is 26.4 Å². The maximum atomic E-state index is 12.4. The van der Waals surface area contributed by atoms with E-state index >= 15 is 0 Å². The molecule has 0 aliphatic carbocycles. The Bertz CT molecular complexity index is 1060. The van der Waals surface area contributed by atoms with Crippen molar-refractivity contribution in [1.82, 2.24) is 24.7 Å². The van der Waals surface area contributed by atoms with Crippen LogP contribution in [0.15, 0.2) is 28.3 Å². The van der Waals surface area contributed by atoms with Gasteiger partial charge in [-0.1, -0.05) is 0 Å². The molecule has 0 saturated carbocycles. The van der Waals surface area contributed by atoms with Crippen LogP contribution in [0.4, 0.5) is 4.79 Å². The summed E-state index contributed by atoms with van der Waals surface area (Å²) in [7, 11) is -6.99. The van der Waals surface area contributed by atoms with Crippen LogP contribution in [0.3, 0.4) is 0 Å². The molecular weight excluding hydrogens is 449 g/mol. The van der Waals surface area contributed by atoms with E-state index < -0.39 is 50.2 Å². The number of pyridine rings is 1. The van der Waals surface area contributed by atoms with Gasteiger partial charge in [-0.05, 0) is 0 Å². The van der Waals surface area contributed by atoms with Crippen molar-refractivity contribution in [2.24, 2.45) is 0 Å². The quantitative estimate of drug-likeness (QED) is 0.482. The van der Waals surface area contributed by atoms with E-state index in [9.17, 15) is 21.6 Å². The summed E-state index contributed by atoms with van der Waals surface area (Å²) in [5.41, 5.74) is 0. The van der Waals surface area contributed by atoms with Gasteiger partial charge in [-0.2, -0.15) is 0 Å². The number of hydrogen-bond donors (Lipinski definition) is 1. The van der Waals surface area contributed by atoms with Crippen LogP contribution in [0.25, 0.3) is 0 Å². The normalized spacial score (nSPS) is 12.3. The molecule has 14 heteroatoms. The fourth-order valence-corrected chi connectivity index (χ4v) is 6.55. The summed E-state index contributed by atoms with van der Waals surface area (Å²) in [6.07, 6.45) is 1.97. The molecule has 1 amide bonds. The van der Waals surface area contributed by atoms with Crippen LogP contribution in [0.2, 0.25) is 0 Å². The number of carbonyl (C=O) groups is 1. The Labute approximate surface area is 156 Å². The Morgan fingerprint density at radius 3 is 2.50 bits per heavy atom. The van der Waals surface area contributed by atoms with Gasteiger partial charge in [0.1, 0.15) is 0 Å². The minimum atomic E-state index is -4.43. The monoisotopic (exact) mass is 463 g/mol. The van der Waals surface area contributed by atoms with Crippen LogP contribution < -0.4 is 14.1 Å². The first kappa shape index (κ1) is 20.2. The molecule has 0 fully saturated rings. The zero-order valence-corrected chi connectivity index (χ0v) is 17.5. The number of methoxy groups -OCH3 is 1. The van der Waals surface area contributed by atoms with Crippen LogP contribution in [0, 0.1) is 6.92 Å². The molecule has 0 spiro atoms. The number of rotatable bonds is 6. The second-order valence-electron chi connectivity index (χ2n) is 4.83. The zero-order chi connectivity index (χ0) is 19.5. The van der Waals surface area contributed by atoms with Crippen molar-refractivity contribution in [3.05, 3.63) is 24.2 Å². The van der Waals surface area contributed by atoms with Gasteiger partial charge in [-0.3, -0.25) is 0 Å². The molecule has 0 aliphatic heterocycles. The summed E-state index contributed by atoms with van der Waals surface area (Å²) in [5, 5.41) is -0.641. The number of hydrogen-bond acceptors (Lipinski definition) is 10. The van der Waals surface area contributed by atoms with E-state index in [1.54, 1.807) is 6.92 Å². The van der Waals surface area contributed by atoms with Gasteiger partial charge in [0.05, 0.1) is 0 Å². The molecule has 0 radical (unpaired) electrons. The Balaban J connectivity index is 2.28. The van der Waals surface area contributed by atoms with Crippen LogP contribution >= 0.6 is 0 Å². The molecule has 26 heavy (non-hydrogen) atoms. The maximum absolute atomic E-state index is 12.4. The fourth-order valence-electron chi connectivity index (χ4n) is 1.77. The van der Waals surface area contributed by atoms with Gasteiger partial charge in [0.15, 0.2) is 0 Å². The number of ether oxygens (including phenoxy) is 1. The number of nitrogens with one attached hydrogen (secondary N) is 1. The SMILES string of the molecule is COc1nc(C)nc([AsH]C(=O)NS(=O)(=O)c2cccnc2S(C)(=O)=O)n1. The van der Waals surface area contributed by atoms with Gasteiger partial charge < -0.3 is 0 Å². The fraction of sp³-hybridized carbons (Fsp3) is 0.250. The third-order valence-electron chi connectivity index (χ3n) is 2.74. The standard InChI is InChI=1S/C12H14AsN5O6S2/c1-7-15-10(17-12(16-7)24-2)13-11(19)18-26(22,23)8-5-4-6-14-9(8)25(3,20)21/h4-6,13H,1-3H3,(H,18,19). The Hall–Kier alpha value is -2.11. The van der Waals surface area contributed by atoms with Crippen LogP contribution in [-0.2, 0) is 19.9 Å². The Morgan fingerprint density at radius 1 is 1.19 bits per heavy atom. The second-order valence-corrected chi connectivity index (χ2v) is 10.8. The number of amides is 1. The molecule has 0 aliphatic rings. The van der Waals surface area contributed by atoms with Gasteiger partial charge in [0.2, 0.25) is 0 Å². The summed E-state index contributed by atoms with van der Waals surface area (Å²) in [5.74, 6) is 0.317. The van der Waals surface area contributed by atoms with Crippen LogP contribution in [-0.4, -0.2) is 70.6 Å². The molecule has 2 heterocycles. The topological polar surface area (TPSA) is 158 Å². The first-order valence-corrected chi connectivity index (χ1v) is 12.3. The summed E-state index contributed by atoms with van der Waals surface area (Å²) in [4.78, 5) is 26.8. The molecule has 140 valence electrons. The predicted octanol–water partition coefficient (Wildman–Crippen LogP) is -1.85. The van der Waals surface area contributed by atoms with E-state index in [1.165, 1.54) is 13.2 Å². The summed E-state index contributed by atoms with van der Waals surface area (Å²) in [6.45, 7) is 1.57. The number of sulfone groups is 1. The van der Waals surface area contributed by atoms with E-state index in [-0.39, 0.29) is 10.6 Å². The van der Waals surface area contributed by atoms with Crippen molar-refractivity contribution in [1.29, 1.82) is 0 Å². The summed E-state index contributed by atoms with van der Waals surface area (Å²) >= 11 is -1.77. The van der Waals surface area contributed by atoms with Crippen molar-refractivity contribution in [2.45, 2.75) is 16.8 Å². The molecule has 2 aromatic rings. The number of sulfonamides is 1. The van der Waals surface area contributed by atoms with Gasteiger partial charge in [-0.15, -0.1) is 0 Å². The second kappa shape index (κ2) is 7.64. The molecule has 2 rings (SSSR count). The average Bonchev–Trinajstić information content (AvgIpc) is 2.52. The molecule has 1 atom stereocenters. The summed E-state index contributed by atoms with van der Waals surface area (Å²) in [6, 6.07) is 2.32. The number of nitrogens with zero attached hydrogens (tertiary/aromatic N) is 4. The van der Waals surface area contributed by atoms with Crippen LogP contribution in [0.5, 0.6) is 6.01 Å². The predicted molar refractivity (Wildman–Crippen MR) is 91.0 cm³/mol. The number of aryl methyl sites for hydroxylation is 1. The molecule has 11 nitrogen and oxygen atoms in total. The van der Waals surface area contributed by atoms with E-state index in [4.69, 9.17) is 4.74 Å². The Kier molecular flexibility index (Phi) is 5.94. The molecule has 0 saturated heterocycles. The van der Waals surface area contributed by atoms with Gasteiger partial charge in [0.25, 0.3) is 0 Å². The summed E-state index contributed by atoms with van der Waals surface area (Å²) < 4.78 is 54.2. The third-order valence-corrected chi connectivity index (χ3v) is 7.32. The number of aromatic nitrogens is 4. The van der Waals surface area contributed by atoms with E-state index in [0.717, 1.165) is 18.5 Å². The third kappa shape index (κ3) is 4.96. The Morgan fingerprint density at radius 2 is 1.88 bits per heavy atom. The van der Waals surface area contributed by atoms with Gasteiger partial charge in [0, 0.05) is 0 Å². The average molecular weight is 463 g/mol. The van der Waals surface area contributed by atoms with E-state index in [0.29, 0.717) is 5.82 Å². The minimum absolute atomic E-state index is 0.0125. The van der Waals surface area contributed by atoms with E-state index in [1.807, 2.05) is 4.72 Å². The van der Waals surface area contributed by atoms with Crippen molar-refractivity contribution in [3.63, 3.8) is 0 Å². The molecule has 1 unspecified atom stereocenters. The van der Waals surface area contributed by atoms with Crippen LogP contribution in [0.1, 0.15) is 5.82 Å².